The number of rotatable bonds is 3. The minimum Gasteiger partial charge on any atom is -0.272 e. The summed E-state index contributed by atoms with van der Waals surface area (Å²) in [6.07, 6.45) is 0.782. The highest BCUT2D eigenvalue weighted by molar-refractivity contribution is 9.12. The summed E-state index contributed by atoms with van der Waals surface area (Å²) >= 11 is 7.17. The number of alkyl halides is 2. The van der Waals surface area contributed by atoms with Gasteiger partial charge in [-0.15, -0.1) is 0 Å². The summed E-state index contributed by atoms with van der Waals surface area (Å²) in [6.45, 7) is 0. The third-order valence-electron chi connectivity index (χ3n) is 5.55. The molecular weight excluding hydrogens is 474 g/mol. The fourth-order valence-electron chi connectivity index (χ4n) is 4.45. The number of halogens is 2. The fourth-order valence-corrected chi connectivity index (χ4v) is 6.32. The van der Waals surface area contributed by atoms with Crippen LogP contribution in [0.1, 0.15) is 16.8 Å². The van der Waals surface area contributed by atoms with E-state index in [0.717, 1.165) is 11.4 Å². The first kappa shape index (κ1) is 17.6. The number of hydrazine groups is 1. The first-order chi connectivity index (χ1) is 12.3. The van der Waals surface area contributed by atoms with Gasteiger partial charge in [-0.3, -0.25) is 29.9 Å². The van der Waals surface area contributed by atoms with Crippen LogP contribution in [0.2, 0.25) is 0 Å². The molecule has 6 atom stereocenters. The third-order valence-corrected chi connectivity index (χ3v) is 8.75. The molecule has 26 heavy (non-hydrogen) atoms. The number of carbonyl (C=O) groups excluding carboxylic acids is 3. The van der Waals surface area contributed by atoms with Crippen molar-refractivity contribution in [3.05, 3.63) is 39.9 Å². The van der Waals surface area contributed by atoms with Gasteiger partial charge in [0.25, 0.3) is 23.4 Å². The van der Waals surface area contributed by atoms with Crippen molar-refractivity contribution in [1.29, 1.82) is 0 Å². The quantitative estimate of drug-likeness (QED) is 0.304. The van der Waals surface area contributed by atoms with Crippen molar-refractivity contribution in [2.75, 3.05) is 0 Å². The van der Waals surface area contributed by atoms with E-state index in [-0.39, 0.29) is 32.7 Å². The predicted octanol–water partition coefficient (Wildman–Crippen LogP) is 2.02. The van der Waals surface area contributed by atoms with Crippen molar-refractivity contribution >= 4 is 55.3 Å². The molecule has 1 aromatic carbocycles. The summed E-state index contributed by atoms with van der Waals surface area (Å²) in [4.78, 5) is 48.6. The highest BCUT2D eigenvalue weighted by atomic mass is 79.9. The molecule has 2 aliphatic carbocycles. The van der Waals surface area contributed by atoms with Crippen LogP contribution in [0.15, 0.2) is 24.3 Å². The van der Waals surface area contributed by atoms with Crippen molar-refractivity contribution in [3.63, 3.8) is 0 Å². The van der Waals surface area contributed by atoms with E-state index in [1.807, 2.05) is 0 Å². The number of carbonyl (C=O) groups is 3. The normalized spacial score (nSPS) is 34.9. The van der Waals surface area contributed by atoms with E-state index in [2.05, 4.69) is 37.3 Å². The first-order valence-electron chi connectivity index (χ1n) is 8.03. The Morgan fingerprint density at radius 1 is 1.12 bits per heavy atom. The molecule has 3 amide bonds. The van der Waals surface area contributed by atoms with Crippen LogP contribution in [0.3, 0.4) is 0 Å². The molecule has 0 radical (unpaired) electrons. The zero-order valence-electron chi connectivity index (χ0n) is 13.2. The molecule has 2 saturated carbocycles. The van der Waals surface area contributed by atoms with Crippen LogP contribution in [0.25, 0.3) is 0 Å². The number of nitrogens with zero attached hydrogens (tertiary/aromatic N) is 2. The second-order valence-corrected chi connectivity index (χ2v) is 8.85. The SMILES string of the molecule is O=C(NN1C(=O)[C@@H]2[C@H]3C[C@@H]([C@H](Br)[C@@H]3Br)[C@@H]2C1=O)c1ccccc1[N+](=O)[O-]. The first-order valence-corrected chi connectivity index (χ1v) is 9.86. The summed E-state index contributed by atoms with van der Waals surface area (Å²) in [5, 5.41) is 11.8. The highest BCUT2D eigenvalue weighted by Crippen LogP contribution is 2.59. The summed E-state index contributed by atoms with van der Waals surface area (Å²) < 4.78 is 0. The smallest absolute Gasteiger partial charge is 0.272 e. The number of hydrogen-bond donors (Lipinski definition) is 1. The Bertz CT molecular complexity index is 815. The summed E-state index contributed by atoms with van der Waals surface area (Å²) in [5.41, 5.74) is 1.69. The standard InChI is InChI=1S/C16H13Br2N3O5/c17-12-7-5-8(13(12)18)11-10(7)15(23)20(16(11)24)19-14(22)6-3-1-2-4-9(6)21(25)26/h1-4,7-8,10-13H,5H2,(H,19,22)/t7-,8-,10-,11+,12-,13+/m1/s1. The van der Waals surface area contributed by atoms with E-state index >= 15 is 0 Å². The third kappa shape index (κ3) is 2.34. The number of fused-ring (bicyclic) bond motifs is 5. The topological polar surface area (TPSA) is 110 Å². The lowest BCUT2D eigenvalue weighted by Gasteiger charge is -2.28. The zero-order valence-corrected chi connectivity index (χ0v) is 16.3. The molecule has 1 saturated heterocycles. The second-order valence-electron chi connectivity index (χ2n) is 6.73. The van der Waals surface area contributed by atoms with Gasteiger partial charge in [-0.05, 0) is 24.3 Å². The molecule has 10 heteroatoms. The molecule has 4 rings (SSSR count). The maximum Gasteiger partial charge on any atom is 0.282 e. The average Bonchev–Trinajstić information content (AvgIpc) is 3.22. The predicted molar refractivity (Wildman–Crippen MR) is 96.4 cm³/mol. The Morgan fingerprint density at radius 2 is 1.65 bits per heavy atom. The van der Waals surface area contributed by atoms with Gasteiger partial charge in [-0.25, -0.2) is 0 Å². The molecule has 3 aliphatic rings. The molecule has 1 aliphatic heterocycles. The van der Waals surface area contributed by atoms with Crippen molar-refractivity contribution in [3.8, 4) is 0 Å². The largest absolute Gasteiger partial charge is 0.282 e. The molecule has 136 valence electrons. The molecule has 1 aromatic rings. The van der Waals surface area contributed by atoms with E-state index in [1.54, 1.807) is 0 Å². The van der Waals surface area contributed by atoms with Crippen molar-refractivity contribution in [2.45, 2.75) is 16.1 Å². The summed E-state index contributed by atoms with van der Waals surface area (Å²) in [5.74, 6) is -2.60. The molecular formula is C16H13Br2N3O5. The van der Waals surface area contributed by atoms with E-state index < -0.39 is 34.5 Å². The van der Waals surface area contributed by atoms with Crippen LogP contribution in [0.4, 0.5) is 5.69 Å². The van der Waals surface area contributed by atoms with Gasteiger partial charge in [-0.1, -0.05) is 44.0 Å². The fraction of sp³-hybridized carbons (Fsp3) is 0.438. The van der Waals surface area contributed by atoms with Crippen LogP contribution in [0.5, 0.6) is 0 Å². The molecule has 8 nitrogen and oxygen atoms in total. The van der Waals surface area contributed by atoms with Gasteiger partial charge in [0.05, 0.1) is 16.8 Å². The number of hydrogen-bond acceptors (Lipinski definition) is 5. The summed E-state index contributed by atoms with van der Waals surface area (Å²) in [6, 6.07) is 5.40. The van der Waals surface area contributed by atoms with Gasteiger partial charge >= 0.3 is 0 Å². The lowest BCUT2D eigenvalue weighted by Crippen LogP contribution is -2.47. The van der Waals surface area contributed by atoms with Gasteiger partial charge in [0.2, 0.25) is 0 Å². The Hall–Kier alpha value is -1.81. The molecule has 0 unspecified atom stereocenters. The van der Waals surface area contributed by atoms with E-state index in [0.29, 0.717) is 0 Å². The van der Waals surface area contributed by atoms with Crippen LogP contribution in [-0.2, 0) is 9.59 Å². The van der Waals surface area contributed by atoms with Gasteiger partial charge in [-0.2, -0.15) is 5.01 Å². The Morgan fingerprint density at radius 3 is 2.19 bits per heavy atom. The molecule has 2 bridgehead atoms. The number of para-hydroxylation sites is 1. The minimum absolute atomic E-state index is 0.0267. The van der Waals surface area contributed by atoms with E-state index in [4.69, 9.17) is 0 Å². The molecule has 1 N–H and O–H groups in total. The van der Waals surface area contributed by atoms with Crippen LogP contribution in [0, 0.1) is 33.8 Å². The number of imide groups is 1. The Balaban J connectivity index is 1.59. The van der Waals surface area contributed by atoms with Gasteiger partial charge in [0.15, 0.2) is 0 Å². The maximum atomic E-state index is 12.7. The lowest BCUT2D eigenvalue weighted by molar-refractivity contribution is -0.385. The Labute approximate surface area is 164 Å². The number of nitrogens with one attached hydrogen (secondary N) is 1. The average molecular weight is 487 g/mol. The molecule has 0 aromatic heterocycles. The zero-order chi connectivity index (χ0) is 18.7. The monoisotopic (exact) mass is 485 g/mol. The van der Waals surface area contributed by atoms with E-state index in [9.17, 15) is 24.5 Å². The minimum atomic E-state index is -0.850. The van der Waals surface area contributed by atoms with Crippen LogP contribution < -0.4 is 5.43 Å². The highest BCUT2D eigenvalue weighted by Gasteiger charge is 2.66. The van der Waals surface area contributed by atoms with E-state index in [1.165, 1.54) is 24.3 Å². The lowest BCUT2D eigenvalue weighted by atomic mass is 9.81. The van der Waals surface area contributed by atoms with Gasteiger partial charge in [0, 0.05) is 15.7 Å². The van der Waals surface area contributed by atoms with Gasteiger partial charge in [0.1, 0.15) is 5.56 Å². The van der Waals surface area contributed by atoms with Gasteiger partial charge < -0.3 is 0 Å². The Kier molecular flexibility index (Phi) is 4.14. The molecule has 0 spiro atoms. The van der Waals surface area contributed by atoms with Crippen molar-refractivity contribution in [1.82, 2.24) is 10.4 Å². The number of amides is 3. The van der Waals surface area contributed by atoms with Crippen molar-refractivity contribution in [2.24, 2.45) is 23.7 Å². The number of benzene rings is 1. The number of nitro benzene ring substituents is 1. The van der Waals surface area contributed by atoms with Crippen molar-refractivity contribution < 1.29 is 19.3 Å². The summed E-state index contributed by atoms with van der Waals surface area (Å²) in [7, 11) is 0. The molecule has 3 fully saturated rings. The van der Waals surface area contributed by atoms with Crippen LogP contribution >= 0.6 is 31.9 Å². The maximum absolute atomic E-state index is 12.7. The molecule has 1 heterocycles. The second kappa shape index (κ2) is 6.12. The number of nitro groups is 1. The van der Waals surface area contributed by atoms with Crippen LogP contribution in [-0.4, -0.2) is 37.3 Å².